The maximum Gasteiger partial charge on any atom is 0.306 e. The Morgan fingerprint density at radius 1 is 1.09 bits per heavy atom. The summed E-state index contributed by atoms with van der Waals surface area (Å²) in [5.41, 5.74) is 6.53. The van der Waals surface area contributed by atoms with Crippen LogP contribution >= 0.6 is 0 Å². The Labute approximate surface area is 196 Å². The molecular formula is C25H37N3O5. The summed E-state index contributed by atoms with van der Waals surface area (Å²) in [5, 5.41) is 0. The Kier molecular flexibility index (Phi) is 9.11. The van der Waals surface area contributed by atoms with Gasteiger partial charge in [0.1, 0.15) is 5.75 Å². The maximum atomic E-state index is 13.0. The number of esters is 1. The lowest BCUT2D eigenvalue weighted by atomic mass is 9.80. The van der Waals surface area contributed by atoms with Crippen LogP contribution in [0, 0.1) is 11.8 Å². The van der Waals surface area contributed by atoms with E-state index in [-0.39, 0.29) is 35.7 Å². The topological polar surface area (TPSA) is 102 Å². The minimum atomic E-state index is -0.268. The Morgan fingerprint density at radius 3 is 2.52 bits per heavy atom. The van der Waals surface area contributed by atoms with Gasteiger partial charge in [-0.05, 0) is 75.2 Å². The van der Waals surface area contributed by atoms with Crippen LogP contribution < -0.4 is 10.5 Å². The summed E-state index contributed by atoms with van der Waals surface area (Å²) in [6, 6.07) is 7.35. The van der Waals surface area contributed by atoms with Crippen molar-refractivity contribution in [2.75, 3.05) is 39.9 Å². The van der Waals surface area contributed by atoms with Crippen molar-refractivity contribution in [3.05, 3.63) is 29.8 Å². The van der Waals surface area contributed by atoms with Gasteiger partial charge >= 0.3 is 5.97 Å². The average molecular weight is 460 g/mol. The van der Waals surface area contributed by atoms with Gasteiger partial charge in [-0.3, -0.25) is 19.3 Å². The lowest BCUT2D eigenvalue weighted by Gasteiger charge is -2.39. The van der Waals surface area contributed by atoms with E-state index in [1.807, 2.05) is 36.1 Å². The lowest BCUT2D eigenvalue weighted by Crippen LogP contribution is -2.47. The smallest absolute Gasteiger partial charge is 0.306 e. The number of likely N-dealkylation sites (tertiary alicyclic amines) is 2. The van der Waals surface area contributed by atoms with Crippen molar-refractivity contribution in [3.63, 3.8) is 0 Å². The number of carbonyl (C=O) groups excluding carboxylic acids is 3. The highest BCUT2D eigenvalue weighted by atomic mass is 16.5. The van der Waals surface area contributed by atoms with Crippen molar-refractivity contribution in [3.8, 4) is 5.75 Å². The number of ether oxygens (including phenoxy) is 2. The van der Waals surface area contributed by atoms with Crippen LogP contribution in [0.3, 0.4) is 0 Å². The molecule has 0 aromatic heterocycles. The summed E-state index contributed by atoms with van der Waals surface area (Å²) in [6.07, 6.45) is 4.08. The number of nitrogens with zero attached hydrogens (tertiary/aromatic N) is 2. The molecule has 2 aliphatic rings. The molecule has 2 N–H and O–H groups in total. The number of nitrogens with two attached hydrogens (primary N) is 1. The number of methoxy groups -OCH3 is 1. The molecule has 3 atom stereocenters. The minimum Gasteiger partial charge on any atom is -0.497 e. The number of carbonyl (C=O) groups is 3. The summed E-state index contributed by atoms with van der Waals surface area (Å²) < 4.78 is 10.4. The molecule has 0 radical (unpaired) electrons. The molecule has 182 valence electrons. The molecule has 2 aliphatic heterocycles. The zero-order valence-corrected chi connectivity index (χ0v) is 19.8. The van der Waals surface area contributed by atoms with Crippen LogP contribution in [0.25, 0.3) is 0 Å². The third kappa shape index (κ3) is 6.93. The van der Waals surface area contributed by atoms with Gasteiger partial charge in [0.05, 0.1) is 26.2 Å². The molecule has 2 amide bonds. The fraction of sp³-hybridized carbons (Fsp3) is 0.640. The van der Waals surface area contributed by atoms with Crippen LogP contribution in [0.4, 0.5) is 0 Å². The predicted molar refractivity (Wildman–Crippen MR) is 125 cm³/mol. The zero-order valence-electron chi connectivity index (χ0n) is 19.8. The van der Waals surface area contributed by atoms with Crippen molar-refractivity contribution in [2.45, 2.75) is 51.5 Å². The molecule has 0 unspecified atom stereocenters. The van der Waals surface area contributed by atoms with E-state index < -0.39 is 0 Å². The van der Waals surface area contributed by atoms with Gasteiger partial charge in [-0.1, -0.05) is 12.1 Å². The molecule has 2 heterocycles. The SMILES string of the molecule is CCOC(=O)C[C@@H]1CCN(C(=O)Cc2ccc(OC)cc2)C[C@@H]1CCN1CCC[C@H]1C(N)=O. The van der Waals surface area contributed by atoms with E-state index in [9.17, 15) is 14.4 Å². The van der Waals surface area contributed by atoms with Gasteiger partial charge in [0.25, 0.3) is 0 Å². The van der Waals surface area contributed by atoms with Crippen molar-refractivity contribution in [1.29, 1.82) is 0 Å². The van der Waals surface area contributed by atoms with Gasteiger partial charge in [0.15, 0.2) is 0 Å². The first-order chi connectivity index (χ1) is 15.9. The van der Waals surface area contributed by atoms with Gasteiger partial charge in [0, 0.05) is 19.5 Å². The molecule has 2 fully saturated rings. The molecule has 1 aromatic carbocycles. The summed E-state index contributed by atoms with van der Waals surface area (Å²) in [4.78, 5) is 41.1. The second kappa shape index (κ2) is 12.0. The summed E-state index contributed by atoms with van der Waals surface area (Å²) >= 11 is 0. The molecule has 3 rings (SSSR count). The molecule has 0 saturated carbocycles. The maximum absolute atomic E-state index is 13.0. The molecule has 2 saturated heterocycles. The van der Waals surface area contributed by atoms with Crippen LogP contribution in [-0.4, -0.2) is 73.5 Å². The van der Waals surface area contributed by atoms with E-state index in [2.05, 4.69) is 4.90 Å². The molecule has 8 nitrogen and oxygen atoms in total. The summed E-state index contributed by atoms with van der Waals surface area (Å²) in [5.74, 6) is 0.760. The normalized spacial score (nSPS) is 23.3. The standard InChI is InChI=1S/C25H37N3O5/c1-3-33-24(30)16-19-10-14-28(23(29)15-18-6-8-21(32-2)9-7-18)17-20(19)11-13-27-12-4-5-22(27)25(26)31/h6-9,19-20,22H,3-5,10-17H2,1-2H3,(H2,26,31)/t19-,20-,22-/m0/s1. The fourth-order valence-corrected chi connectivity index (χ4v) is 5.11. The zero-order chi connectivity index (χ0) is 23.8. The van der Waals surface area contributed by atoms with Crippen LogP contribution in [0.15, 0.2) is 24.3 Å². The first-order valence-corrected chi connectivity index (χ1v) is 12.0. The minimum absolute atomic E-state index is 0.0935. The number of benzene rings is 1. The number of primary amides is 1. The molecule has 8 heteroatoms. The lowest BCUT2D eigenvalue weighted by molar-refractivity contribution is -0.145. The Morgan fingerprint density at radius 2 is 1.85 bits per heavy atom. The van der Waals surface area contributed by atoms with Crippen LogP contribution in [0.2, 0.25) is 0 Å². The highest BCUT2D eigenvalue weighted by Crippen LogP contribution is 2.31. The Bertz CT molecular complexity index is 813. The van der Waals surface area contributed by atoms with Gasteiger partial charge in [-0.15, -0.1) is 0 Å². The van der Waals surface area contributed by atoms with Crippen LogP contribution in [0.1, 0.15) is 44.6 Å². The predicted octanol–water partition coefficient (Wildman–Crippen LogP) is 2.00. The second-order valence-corrected chi connectivity index (χ2v) is 9.07. The van der Waals surface area contributed by atoms with E-state index in [1.165, 1.54) is 0 Å². The van der Waals surface area contributed by atoms with E-state index in [4.69, 9.17) is 15.2 Å². The van der Waals surface area contributed by atoms with Gasteiger partial charge in [-0.25, -0.2) is 0 Å². The molecule has 1 aromatic rings. The summed E-state index contributed by atoms with van der Waals surface area (Å²) in [6.45, 7) is 5.06. The quantitative estimate of drug-likeness (QED) is 0.537. The molecule has 33 heavy (non-hydrogen) atoms. The number of piperidine rings is 1. The molecule has 0 bridgehead atoms. The van der Waals surface area contributed by atoms with Gasteiger partial charge in [-0.2, -0.15) is 0 Å². The number of hydrogen-bond acceptors (Lipinski definition) is 6. The van der Waals surface area contributed by atoms with Gasteiger partial charge in [0.2, 0.25) is 11.8 Å². The first-order valence-electron chi connectivity index (χ1n) is 12.0. The van der Waals surface area contributed by atoms with E-state index in [1.54, 1.807) is 7.11 Å². The van der Waals surface area contributed by atoms with Crippen LogP contribution in [-0.2, 0) is 25.5 Å². The van der Waals surface area contributed by atoms with E-state index in [0.29, 0.717) is 32.5 Å². The average Bonchev–Trinajstić information content (AvgIpc) is 3.28. The fourth-order valence-electron chi connectivity index (χ4n) is 5.11. The first kappa shape index (κ1) is 25.0. The van der Waals surface area contributed by atoms with Crippen molar-refractivity contribution < 1.29 is 23.9 Å². The number of amides is 2. The highest BCUT2D eigenvalue weighted by molar-refractivity contribution is 5.80. The Balaban J connectivity index is 1.62. The second-order valence-electron chi connectivity index (χ2n) is 9.07. The van der Waals surface area contributed by atoms with E-state index >= 15 is 0 Å². The largest absolute Gasteiger partial charge is 0.497 e. The molecule has 0 spiro atoms. The number of hydrogen-bond donors (Lipinski definition) is 1. The van der Waals surface area contributed by atoms with Gasteiger partial charge < -0.3 is 20.1 Å². The third-order valence-electron chi connectivity index (χ3n) is 6.97. The van der Waals surface area contributed by atoms with Crippen molar-refractivity contribution in [1.82, 2.24) is 9.80 Å². The molecular weight excluding hydrogens is 422 g/mol. The van der Waals surface area contributed by atoms with Crippen LogP contribution in [0.5, 0.6) is 5.75 Å². The Hall–Kier alpha value is -2.61. The highest BCUT2D eigenvalue weighted by Gasteiger charge is 2.35. The van der Waals surface area contributed by atoms with E-state index in [0.717, 1.165) is 50.1 Å². The van der Waals surface area contributed by atoms with Crippen molar-refractivity contribution >= 4 is 17.8 Å². The third-order valence-corrected chi connectivity index (χ3v) is 6.97. The molecule has 0 aliphatic carbocycles. The van der Waals surface area contributed by atoms with Crippen molar-refractivity contribution in [2.24, 2.45) is 17.6 Å². The summed E-state index contributed by atoms with van der Waals surface area (Å²) in [7, 11) is 1.62. The monoisotopic (exact) mass is 459 g/mol. The number of rotatable bonds is 10.